The zero-order valence-electron chi connectivity index (χ0n) is 11.9. The van der Waals surface area contributed by atoms with Crippen LogP contribution in [0.25, 0.3) is 0 Å². The maximum Gasteiger partial charge on any atom is 0.233 e. The third kappa shape index (κ3) is 3.29. The van der Waals surface area contributed by atoms with E-state index in [-0.39, 0.29) is 11.5 Å². The Morgan fingerprint density at radius 3 is 2.61 bits per heavy atom. The molecule has 18 heavy (non-hydrogen) atoms. The van der Waals surface area contributed by atoms with E-state index in [0.29, 0.717) is 24.9 Å². The van der Waals surface area contributed by atoms with Crippen LogP contribution in [0.1, 0.15) is 64.8 Å². The van der Waals surface area contributed by atoms with E-state index in [0.717, 1.165) is 19.3 Å². The monoisotopic (exact) mass is 255 g/mol. The molecule has 0 bridgehead atoms. The summed E-state index contributed by atoms with van der Waals surface area (Å²) in [5.41, 5.74) is 5.55. The second kappa shape index (κ2) is 6.85. The quantitative estimate of drug-likeness (QED) is 0.772. The highest BCUT2D eigenvalue weighted by Gasteiger charge is 2.31. The first kappa shape index (κ1) is 15.1. The van der Waals surface area contributed by atoms with Crippen molar-refractivity contribution in [3.8, 4) is 0 Å². The average Bonchev–Trinajstić information content (AvgIpc) is 2.87. The summed E-state index contributed by atoms with van der Waals surface area (Å²) in [7, 11) is 0. The molecule has 5 heteroatoms. The van der Waals surface area contributed by atoms with E-state index >= 15 is 0 Å². The van der Waals surface area contributed by atoms with E-state index in [1.807, 2.05) is 13.8 Å². The molecule has 2 N–H and O–H groups in total. The minimum Gasteiger partial charge on any atom is -0.370 e. The first-order valence-corrected chi connectivity index (χ1v) is 6.77. The largest absolute Gasteiger partial charge is 0.370 e. The summed E-state index contributed by atoms with van der Waals surface area (Å²) in [6, 6.07) is 0. The number of rotatable bonds is 8. The van der Waals surface area contributed by atoms with Crippen molar-refractivity contribution in [1.82, 2.24) is 10.1 Å². The third-order valence-electron chi connectivity index (χ3n) is 3.40. The fourth-order valence-corrected chi connectivity index (χ4v) is 1.74. The molecule has 1 rings (SSSR count). The summed E-state index contributed by atoms with van der Waals surface area (Å²) in [5.74, 6) is 1.25. The summed E-state index contributed by atoms with van der Waals surface area (Å²) in [6.07, 6.45) is 2.73. The molecule has 0 saturated carbocycles. The molecule has 0 saturated heterocycles. The molecule has 0 aliphatic carbocycles. The Balaban J connectivity index is 2.89. The summed E-state index contributed by atoms with van der Waals surface area (Å²) in [6.45, 7) is 9.35. The zero-order valence-corrected chi connectivity index (χ0v) is 11.9. The third-order valence-corrected chi connectivity index (χ3v) is 3.40. The molecule has 1 aromatic heterocycles. The van der Waals surface area contributed by atoms with Gasteiger partial charge in [-0.1, -0.05) is 25.4 Å². The predicted octanol–water partition coefficient (Wildman–Crippen LogP) is 2.57. The Labute approximate surface area is 109 Å². The van der Waals surface area contributed by atoms with Crippen LogP contribution in [0.5, 0.6) is 0 Å². The van der Waals surface area contributed by atoms with Gasteiger partial charge in [-0.05, 0) is 26.7 Å². The van der Waals surface area contributed by atoms with Gasteiger partial charge in [-0.15, -0.1) is 0 Å². The number of nitrogens with zero attached hydrogens (tertiary/aromatic N) is 2. The molecule has 0 radical (unpaired) electrons. The van der Waals surface area contributed by atoms with Gasteiger partial charge in [-0.25, -0.2) is 0 Å². The molecule has 1 heterocycles. The van der Waals surface area contributed by atoms with E-state index < -0.39 is 0 Å². The van der Waals surface area contributed by atoms with Crippen molar-refractivity contribution < 1.29 is 9.26 Å². The predicted molar refractivity (Wildman–Crippen MR) is 70.3 cm³/mol. The molecule has 104 valence electrons. The summed E-state index contributed by atoms with van der Waals surface area (Å²) >= 11 is 0. The van der Waals surface area contributed by atoms with Crippen LogP contribution in [0, 0.1) is 0 Å². The Kier molecular flexibility index (Phi) is 5.75. The van der Waals surface area contributed by atoms with Crippen molar-refractivity contribution in [3.05, 3.63) is 11.7 Å². The molecule has 2 atom stereocenters. The van der Waals surface area contributed by atoms with Gasteiger partial charge < -0.3 is 15.0 Å². The van der Waals surface area contributed by atoms with Crippen molar-refractivity contribution in [2.45, 2.75) is 58.5 Å². The minimum absolute atomic E-state index is 0.0728. The molecule has 0 amide bonds. The second-order valence-electron chi connectivity index (χ2n) is 4.81. The molecule has 5 nitrogen and oxygen atoms in total. The van der Waals surface area contributed by atoms with Crippen molar-refractivity contribution >= 4 is 0 Å². The van der Waals surface area contributed by atoms with Gasteiger partial charge in [0.25, 0.3) is 0 Å². The Morgan fingerprint density at radius 1 is 1.39 bits per heavy atom. The van der Waals surface area contributed by atoms with Crippen molar-refractivity contribution in [2.75, 3.05) is 13.2 Å². The van der Waals surface area contributed by atoms with Gasteiger partial charge in [-0.2, -0.15) is 4.98 Å². The molecule has 0 spiro atoms. The standard InChI is InChI=1S/C13H25N3O2/c1-5-8-10(17-7-3)11-15-12(18-16-11)13(4,6-2)9-14/h10H,5-9,14H2,1-4H3. The Morgan fingerprint density at radius 2 is 2.11 bits per heavy atom. The van der Waals surface area contributed by atoms with Gasteiger partial charge in [0.2, 0.25) is 11.7 Å². The fourth-order valence-electron chi connectivity index (χ4n) is 1.74. The first-order chi connectivity index (χ1) is 8.61. The van der Waals surface area contributed by atoms with Crippen molar-refractivity contribution in [3.63, 3.8) is 0 Å². The lowest BCUT2D eigenvalue weighted by Crippen LogP contribution is -2.31. The van der Waals surface area contributed by atoms with E-state index in [2.05, 4.69) is 24.0 Å². The van der Waals surface area contributed by atoms with Crippen LogP contribution in [0.15, 0.2) is 4.52 Å². The fraction of sp³-hybridized carbons (Fsp3) is 0.846. The lowest BCUT2D eigenvalue weighted by molar-refractivity contribution is 0.0477. The second-order valence-corrected chi connectivity index (χ2v) is 4.81. The van der Waals surface area contributed by atoms with Gasteiger partial charge in [-0.3, -0.25) is 0 Å². The highest BCUT2D eigenvalue weighted by Crippen LogP contribution is 2.27. The van der Waals surface area contributed by atoms with Crippen LogP contribution >= 0.6 is 0 Å². The van der Waals surface area contributed by atoms with E-state index in [4.69, 9.17) is 15.0 Å². The number of aromatic nitrogens is 2. The Bertz CT molecular complexity index is 342. The topological polar surface area (TPSA) is 74.2 Å². The lowest BCUT2D eigenvalue weighted by atomic mass is 9.88. The minimum atomic E-state index is -0.242. The van der Waals surface area contributed by atoms with Crippen LogP contribution in [0.3, 0.4) is 0 Å². The number of hydrogen-bond acceptors (Lipinski definition) is 5. The van der Waals surface area contributed by atoms with Gasteiger partial charge >= 0.3 is 0 Å². The van der Waals surface area contributed by atoms with E-state index in [1.54, 1.807) is 0 Å². The SMILES string of the molecule is CCCC(OCC)c1noc(C(C)(CC)CN)n1. The molecule has 0 fully saturated rings. The van der Waals surface area contributed by atoms with Gasteiger partial charge in [0.05, 0.1) is 5.41 Å². The van der Waals surface area contributed by atoms with Crippen LogP contribution < -0.4 is 5.73 Å². The van der Waals surface area contributed by atoms with E-state index in [9.17, 15) is 0 Å². The number of nitrogens with two attached hydrogens (primary N) is 1. The smallest absolute Gasteiger partial charge is 0.233 e. The molecular weight excluding hydrogens is 230 g/mol. The Hall–Kier alpha value is -0.940. The number of ether oxygens (including phenoxy) is 1. The van der Waals surface area contributed by atoms with Gasteiger partial charge in [0.15, 0.2) is 0 Å². The summed E-state index contributed by atoms with van der Waals surface area (Å²) in [4.78, 5) is 4.48. The van der Waals surface area contributed by atoms with Crippen LogP contribution in [-0.2, 0) is 10.2 Å². The molecule has 0 aromatic carbocycles. The van der Waals surface area contributed by atoms with Gasteiger partial charge in [0.1, 0.15) is 6.10 Å². The maximum absolute atomic E-state index is 5.79. The van der Waals surface area contributed by atoms with Crippen LogP contribution in [0.4, 0.5) is 0 Å². The molecule has 2 unspecified atom stereocenters. The molecule has 1 aromatic rings. The van der Waals surface area contributed by atoms with Crippen LogP contribution in [0.2, 0.25) is 0 Å². The molecule has 0 aliphatic rings. The summed E-state index contributed by atoms with van der Waals surface area (Å²) in [5, 5.41) is 4.05. The zero-order chi connectivity index (χ0) is 13.6. The number of hydrogen-bond donors (Lipinski definition) is 1. The van der Waals surface area contributed by atoms with Crippen molar-refractivity contribution in [2.24, 2.45) is 5.73 Å². The molecule has 0 aliphatic heterocycles. The van der Waals surface area contributed by atoms with Gasteiger partial charge in [0, 0.05) is 13.2 Å². The first-order valence-electron chi connectivity index (χ1n) is 6.77. The van der Waals surface area contributed by atoms with Crippen LogP contribution in [-0.4, -0.2) is 23.3 Å². The summed E-state index contributed by atoms with van der Waals surface area (Å²) < 4.78 is 11.0. The molecular formula is C13H25N3O2. The maximum atomic E-state index is 5.79. The normalized spacial score (nSPS) is 16.5. The van der Waals surface area contributed by atoms with E-state index in [1.165, 1.54) is 0 Å². The highest BCUT2D eigenvalue weighted by molar-refractivity contribution is 5.04. The highest BCUT2D eigenvalue weighted by atomic mass is 16.5. The lowest BCUT2D eigenvalue weighted by Gasteiger charge is -2.20. The van der Waals surface area contributed by atoms with Crippen molar-refractivity contribution in [1.29, 1.82) is 0 Å². The average molecular weight is 255 g/mol.